The molecule has 0 saturated carbocycles. The molecular weight excluding hydrogens is 250 g/mol. The van der Waals surface area contributed by atoms with Crippen LogP contribution >= 0.6 is 0 Å². The first-order valence-corrected chi connectivity index (χ1v) is 6.60. The monoisotopic (exact) mass is 267 g/mol. The highest BCUT2D eigenvalue weighted by Gasteiger charge is 2.14. The number of fused-ring (bicyclic) bond motifs is 1. The number of rotatable bonds is 3. The lowest BCUT2D eigenvalue weighted by atomic mass is 10.1. The third kappa shape index (κ3) is 2.28. The summed E-state index contributed by atoms with van der Waals surface area (Å²) in [5, 5.41) is 5.71. The molecule has 5 nitrogen and oxygen atoms in total. The SMILES string of the molecule is Cc1cnc(C(N)Cc2nn(C)c3ccccc23)cn1. The average molecular weight is 267 g/mol. The molecule has 5 heteroatoms. The van der Waals surface area contributed by atoms with Gasteiger partial charge in [0.05, 0.1) is 34.8 Å². The summed E-state index contributed by atoms with van der Waals surface area (Å²) >= 11 is 0. The van der Waals surface area contributed by atoms with E-state index in [1.807, 2.05) is 30.8 Å². The van der Waals surface area contributed by atoms with E-state index in [1.165, 1.54) is 0 Å². The van der Waals surface area contributed by atoms with E-state index in [0.29, 0.717) is 6.42 Å². The zero-order chi connectivity index (χ0) is 14.1. The van der Waals surface area contributed by atoms with E-state index >= 15 is 0 Å². The van der Waals surface area contributed by atoms with Gasteiger partial charge in [-0.2, -0.15) is 5.10 Å². The van der Waals surface area contributed by atoms with Crippen LogP contribution in [0.25, 0.3) is 10.9 Å². The van der Waals surface area contributed by atoms with E-state index in [9.17, 15) is 0 Å². The minimum Gasteiger partial charge on any atom is -0.322 e. The Morgan fingerprint density at radius 1 is 1.20 bits per heavy atom. The highest BCUT2D eigenvalue weighted by molar-refractivity contribution is 5.81. The first-order valence-electron chi connectivity index (χ1n) is 6.60. The molecule has 2 heterocycles. The molecule has 0 spiro atoms. The highest BCUT2D eigenvalue weighted by Crippen LogP contribution is 2.21. The van der Waals surface area contributed by atoms with Crippen molar-refractivity contribution in [2.24, 2.45) is 12.8 Å². The van der Waals surface area contributed by atoms with Gasteiger partial charge in [-0.1, -0.05) is 18.2 Å². The van der Waals surface area contributed by atoms with Gasteiger partial charge in [0.25, 0.3) is 0 Å². The minimum absolute atomic E-state index is 0.193. The zero-order valence-corrected chi connectivity index (χ0v) is 11.6. The van der Waals surface area contributed by atoms with E-state index in [2.05, 4.69) is 27.2 Å². The topological polar surface area (TPSA) is 69.6 Å². The number of nitrogens with zero attached hydrogens (tertiary/aromatic N) is 4. The van der Waals surface area contributed by atoms with E-state index in [1.54, 1.807) is 12.4 Å². The summed E-state index contributed by atoms with van der Waals surface area (Å²) in [7, 11) is 1.95. The van der Waals surface area contributed by atoms with Crippen molar-refractivity contribution in [1.82, 2.24) is 19.7 Å². The third-order valence-electron chi connectivity index (χ3n) is 3.43. The van der Waals surface area contributed by atoms with Gasteiger partial charge in [-0.25, -0.2) is 0 Å². The van der Waals surface area contributed by atoms with Gasteiger partial charge in [0.2, 0.25) is 0 Å². The first-order chi connectivity index (χ1) is 9.65. The Morgan fingerprint density at radius 2 is 2.00 bits per heavy atom. The van der Waals surface area contributed by atoms with Crippen LogP contribution in [0, 0.1) is 6.92 Å². The fourth-order valence-electron chi connectivity index (χ4n) is 2.35. The molecule has 1 unspecified atom stereocenters. The Bertz CT molecular complexity index is 730. The summed E-state index contributed by atoms with van der Waals surface area (Å²) in [6.45, 7) is 1.91. The quantitative estimate of drug-likeness (QED) is 0.787. The molecule has 0 saturated heterocycles. The molecule has 0 bridgehead atoms. The zero-order valence-electron chi connectivity index (χ0n) is 11.6. The predicted octanol–water partition coefficient (Wildman–Crippen LogP) is 1.91. The van der Waals surface area contributed by atoms with Crippen molar-refractivity contribution >= 4 is 10.9 Å². The number of nitrogens with two attached hydrogens (primary N) is 1. The lowest BCUT2D eigenvalue weighted by molar-refractivity contribution is 0.661. The molecule has 3 aromatic rings. The van der Waals surface area contributed by atoms with Crippen molar-refractivity contribution in [3.63, 3.8) is 0 Å². The number of aryl methyl sites for hydroxylation is 2. The Labute approximate surface area is 117 Å². The van der Waals surface area contributed by atoms with Crippen molar-refractivity contribution < 1.29 is 0 Å². The molecule has 102 valence electrons. The van der Waals surface area contributed by atoms with E-state index < -0.39 is 0 Å². The van der Waals surface area contributed by atoms with Crippen LogP contribution in [0.5, 0.6) is 0 Å². The number of hydrogen-bond acceptors (Lipinski definition) is 4. The smallest absolute Gasteiger partial charge is 0.0758 e. The van der Waals surface area contributed by atoms with Crippen LogP contribution in [0.4, 0.5) is 0 Å². The van der Waals surface area contributed by atoms with Crippen LogP contribution in [0.3, 0.4) is 0 Å². The highest BCUT2D eigenvalue weighted by atomic mass is 15.3. The maximum Gasteiger partial charge on any atom is 0.0758 e. The van der Waals surface area contributed by atoms with Crippen LogP contribution in [-0.4, -0.2) is 19.7 Å². The summed E-state index contributed by atoms with van der Waals surface area (Å²) in [4.78, 5) is 8.58. The summed E-state index contributed by atoms with van der Waals surface area (Å²) in [6.07, 6.45) is 4.13. The standard InChI is InChI=1S/C15H17N5/c1-10-8-18-14(9-17-10)12(16)7-13-11-5-3-4-6-15(11)20(2)19-13/h3-6,8-9,12H,7,16H2,1-2H3. The van der Waals surface area contributed by atoms with Crippen molar-refractivity contribution in [3.05, 3.63) is 53.7 Å². The largest absolute Gasteiger partial charge is 0.322 e. The second-order valence-corrected chi connectivity index (χ2v) is 4.98. The van der Waals surface area contributed by atoms with Gasteiger partial charge < -0.3 is 5.73 Å². The molecule has 1 atom stereocenters. The van der Waals surface area contributed by atoms with Gasteiger partial charge in [-0.3, -0.25) is 14.6 Å². The number of para-hydroxylation sites is 1. The Kier molecular flexibility index (Phi) is 3.20. The molecular formula is C15H17N5. The molecule has 0 radical (unpaired) electrons. The molecule has 0 aliphatic rings. The Balaban J connectivity index is 1.91. The number of aromatic nitrogens is 4. The predicted molar refractivity (Wildman–Crippen MR) is 78.1 cm³/mol. The number of hydrogen-bond donors (Lipinski definition) is 1. The maximum absolute atomic E-state index is 6.23. The van der Waals surface area contributed by atoms with Crippen LogP contribution in [0.15, 0.2) is 36.7 Å². The van der Waals surface area contributed by atoms with Crippen LogP contribution < -0.4 is 5.73 Å². The van der Waals surface area contributed by atoms with Gasteiger partial charge in [0, 0.05) is 25.1 Å². The summed E-state index contributed by atoms with van der Waals surface area (Å²) in [6, 6.07) is 7.97. The van der Waals surface area contributed by atoms with Crippen LogP contribution in [0.2, 0.25) is 0 Å². The lowest BCUT2D eigenvalue weighted by Gasteiger charge is -2.09. The summed E-state index contributed by atoms with van der Waals surface area (Å²) in [5.74, 6) is 0. The van der Waals surface area contributed by atoms with Gasteiger partial charge in [-0.15, -0.1) is 0 Å². The molecule has 0 aliphatic heterocycles. The molecule has 0 fully saturated rings. The van der Waals surface area contributed by atoms with E-state index in [4.69, 9.17) is 5.73 Å². The van der Waals surface area contributed by atoms with E-state index in [-0.39, 0.29) is 6.04 Å². The molecule has 2 aromatic heterocycles. The molecule has 3 rings (SSSR count). The van der Waals surface area contributed by atoms with Crippen LogP contribution in [0.1, 0.15) is 23.1 Å². The fourth-order valence-corrected chi connectivity index (χ4v) is 2.35. The van der Waals surface area contributed by atoms with Crippen molar-refractivity contribution in [1.29, 1.82) is 0 Å². The second kappa shape index (κ2) is 5.02. The second-order valence-electron chi connectivity index (χ2n) is 4.98. The first kappa shape index (κ1) is 12.7. The van der Waals surface area contributed by atoms with Gasteiger partial charge in [0.1, 0.15) is 0 Å². The van der Waals surface area contributed by atoms with Gasteiger partial charge >= 0.3 is 0 Å². The average Bonchev–Trinajstić information content (AvgIpc) is 2.77. The minimum atomic E-state index is -0.193. The molecule has 0 aliphatic carbocycles. The summed E-state index contributed by atoms with van der Waals surface area (Å²) < 4.78 is 1.89. The van der Waals surface area contributed by atoms with Crippen LogP contribution in [-0.2, 0) is 13.5 Å². The third-order valence-corrected chi connectivity index (χ3v) is 3.43. The van der Waals surface area contributed by atoms with Crippen molar-refractivity contribution in [2.45, 2.75) is 19.4 Å². The normalized spacial score (nSPS) is 12.8. The Morgan fingerprint density at radius 3 is 2.75 bits per heavy atom. The maximum atomic E-state index is 6.23. The van der Waals surface area contributed by atoms with E-state index in [0.717, 1.165) is 28.0 Å². The van der Waals surface area contributed by atoms with Crippen molar-refractivity contribution in [2.75, 3.05) is 0 Å². The molecule has 20 heavy (non-hydrogen) atoms. The lowest BCUT2D eigenvalue weighted by Crippen LogP contribution is -2.16. The molecule has 2 N–H and O–H groups in total. The van der Waals surface area contributed by atoms with Gasteiger partial charge in [-0.05, 0) is 13.0 Å². The van der Waals surface area contributed by atoms with Crippen molar-refractivity contribution in [3.8, 4) is 0 Å². The summed E-state index contributed by atoms with van der Waals surface area (Å²) in [5.41, 5.74) is 10.0. The fraction of sp³-hybridized carbons (Fsp3) is 0.267. The molecule has 0 amide bonds. The number of benzene rings is 1. The molecule has 1 aromatic carbocycles. The van der Waals surface area contributed by atoms with Gasteiger partial charge in [0.15, 0.2) is 0 Å². The Hall–Kier alpha value is -2.27.